The molecule has 3 aliphatic rings. The lowest BCUT2D eigenvalue weighted by Crippen LogP contribution is -2.56. The molecule has 2 heterocycles. The van der Waals surface area contributed by atoms with Gasteiger partial charge >= 0.3 is 6.09 Å². The van der Waals surface area contributed by atoms with E-state index in [0.29, 0.717) is 26.2 Å². The van der Waals surface area contributed by atoms with Crippen molar-refractivity contribution in [2.45, 2.75) is 24.4 Å². The van der Waals surface area contributed by atoms with Crippen molar-refractivity contribution in [2.24, 2.45) is 0 Å². The Labute approximate surface area is 211 Å². The van der Waals surface area contributed by atoms with Crippen LogP contribution >= 0.6 is 0 Å². The molecule has 1 fully saturated rings. The summed E-state index contributed by atoms with van der Waals surface area (Å²) >= 11 is 0. The van der Waals surface area contributed by atoms with Gasteiger partial charge in [0.2, 0.25) is 0 Å². The van der Waals surface area contributed by atoms with Gasteiger partial charge in [0.25, 0.3) is 0 Å². The maximum absolute atomic E-state index is 13.4. The smallest absolute Gasteiger partial charge is 0.410 e. The second-order valence-corrected chi connectivity index (χ2v) is 9.43. The van der Waals surface area contributed by atoms with Crippen molar-refractivity contribution in [1.82, 2.24) is 4.90 Å². The predicted molar refractivity (Wildman–Crippen MR) is 137 cm³/mol. The van der Waals surface area contributed by atoms with Gasteiger partial charge in [0.15, 0.2) is 0 Å². The molecule has 1 saturated heterocycles. The van der Waals surface area contributed by atoms with E-state index in [1.54, 1.807) is 14.2 Å². The summed E-state index contributed by atoms with van der Waals surface area (Å²) in [7, 11) is 3.32. The third-order valence-electron chi connectivity index (χ3n) is 7.50. The Bertz CT molecular complexity index is 1290. The maximum atomic E-state index is 13.4. The van der Waals surface area contributed by atoms with E-state index in [4.69, 9.17) is 18.9 Å². The van der Waals surface area contributed by atoms with Crippen molar-refractivity contribution in [1.29, 1.82) is 0 Å². The van der Waals surface area contributed by atoms with E-state index in [9.17, 15) is 4.79 Å². The highest BCUT2D eigenvalue weighted by atomic mass is 16.6. The van der Waals surface area contributed by atoms with E-state index in [-0.39, 0.29) is 24.1 Å². The first-order chi connectivity index (χ1) is 17.7. The van der Waals surface area contributed by atoms with Crippen molar-refractivity contribution in [3.63, 3.8) is 0 Å². The van der Waals surface area contributed by atoms with E-state index in [0.717, 1.165) is 22.6 Å². The van der Waals surface area contributed by atoms with E-state index in [2.05, 4.69) is 42.5 Å². The molecule has 0 spiro atoms. The quantitative estimate of drug-likeness (QED) is 0.479. The molecule has 6 heteroatoms. The number of amides is 1. The van der Waals surface area contributed by atoms with Gasteiger partial charge in [-0.2, -0.15) is 0 Å². The van der Waals surface area contributed by atoms with E-state index >= 15 is 0 Å². The van der Waals surface area contributed by atoms with Gasteiger partial charge in [-0.25, -0.2) is 4.79 Å². The lowest BCUT2D eigenvalue weighted by Gasteiger charge is -2.44. The topological polar surface area (TPSA) is 57.2 Å². The van der Waals surface area contributed by atoms with Crippen LogP contribution in [0.4, 0.5) is 4.79 Å². The van der Waals surface area contributed by atoms with Gasteiger partial charge in [-0.05, 0) is 52.4 Å². The van der Waals surface area contributed by atoms with Crippen LogP contribution in [0.3, 0.4) is 0 Å². The molecule has 0 aromatic heterocycles. The highest BCUT2D eigenvalue weighted by molar-refractivity contribution is 5.80. The highest BCUT2D eigenvalue weighted by Crippen LogP contribution is 2.45. The minimum Gasteiger partial charge on any atom is -0.497 e. The summed E-state index contributed by atoms with van der Waals surface area (Å²) in [5.41, 5.74) is 6.98. The van der Waals surface area contributed by atoms with Crippen molar-refractivity contribution in [2.75, 3.05) is 34.0 Å². The molecule has 3 aromatic carbocycles. The SMILES string of the molecule is COc1ccc(OC)c(C2=CC3COCC(C2)N3C(=O)OCC2c3ccccc3-c3ccccc32)c1. The number of carbonyl (C=O) groups excluding carboxylic acids is 1. The summed E-state index contributed by atoms with van der Waals surface area (Å²) < 4.78 is 22.9. The third-order valence-corrected chi connectivity index (χ3v) is 7.50. The Kier molecular flexibility index (Phi) is 5.89. The number of morpholine rings is 1. The van der Waals surface area contributed by atoms with Gasteiger partial charge in [-0.1, -0.05) is 54.6 Å². The Morgan fingerprint density at radius 3 is 2.31 bits per heavy atom. The van der Waals surface area contributed by atoms with Crippen molar-refractivity contribution < 1.29 is 23.7 Å². The van der Waals surface area contributed by atoms with Crippen LogP contribution < -0.4 is 9.47 Å². The molecular weight excluding hydrogens is 454 g/mol. The molecule has 6 nitrogen and oxygen atoms in total. The monoisotopic (exact) mass is 483 g/mol. The van der Waals surface area contributed by atoms with Gasteiger partial charge in [0.1, 0.15) is 18.1 Å². The minimum absolute atomic E-state index is 0.0365. The molecular formula is C30H29NO5. The second-order valence-electron chi connectivity index (χ2n) is 9.43. The Hall–Kier alpha value is -3.77. The number of hydrogen-bond donors (Lipinski definition) is 0. The van der Waals surface area contributed by atoms with E-state index < -0.39 is 0 Å². The van der Waals surface area contributed by atoms with Crippen LogP contribution in [-0.2, 0) is 9.47 Å². The van der Waals surface area contributed by atoms with E-state index in [1.165, 1.54) is 22.3 Å². The molecule has 1 aliphatic carbocycles. The predicted octanol–water partition coefficient (Wildman–Crippen LogP) is 5.51. The number of ether oxygens (including phenoxy) is 4. The maximum Gasteiger partial charge on any atom is 0.410 e. The first-order valence-corrected chi connectivity index (χ1v) is 12.3. The Balaban J connectivity index is 1.23. The normalized spacial score (nSPS) is 20.3. The number of nitrogens with zero attached hydrogens (tertiary/aromatic N) is 1. The van der Waals surface area contributed by atoms with Crippen molar-refractivity contribution in [3.8, 4) is 22.6 Å². The number of hydrogen-bond acceptors (Lipinski definition) is 5. The zero-order chi connectivity index (χ0) is 24.6. The number of carbonyl (C=O) groups is 1. The standard InChI is InChI=1S/C30H29NO5/c1-33-22-11-12-29(34-2)27(15-22)19-13-20-16-35-17-21(14-19)31(20)30(32)36-18-28-25-9-5-3-7-23(25)24-8-4-6-10-26(24)28/h3-13,15,20-21,28H,14,16-18H2,1-2H3. The molecule has 6 rings (SSSR count). The molecule has 36 heavy (non-hydrogen) atoms. The number of fused-ring (bicyclic) bond motifs is 5. The molecule has 0 saturated carbocycles. The summed E-state index contributed by atoms with van der Waals surface area (Å²) in [6.07, 6.45) is 2.47. The molecule has 1 amide bonds. The number of benzene rings is 3. The second kappa shape index (κ2) is 9.36. The fraction of sp³-hybridized carbons (Fsp3) is 0.300. The molecule has 2 atom stereocenters. The first-order valence-electron chi connectivity index (χ1n) is 12.3. The van der Waals surface area contributed by atoms with Crippen LogP contribution in [0.25, 0.3) is 16.7 Å². The Morgan fingerprint density at radius 2 is 1.64 bits per heavy atom. The summed E-state index contributed by atoms with van der Waals surface area (Å²) in [6, 6.07) is 22.2. The molecule has 2 bridgehead atoms. The van der Waals surface area contributed by atoms with Gasteiger partial charge in [0.05, 0.1) is 39.5 Å². The van der Waals surface area contributed by atoms with Gasteiger partial charge < -0.3 is 18.9 Å². The van der Waals surface area contributed by atoms with Crippen LogP contribution in [0, 0.1) is 0 Å². The highest BCUT2D eigenvalue weighted by Gasteiger charge is 2.40. The van der Waals surface area contributed by atoms with Crippen molar-refractivity contribution in [3.05, 3.63) is 89.5 Å². The van der Waals surface area contributed by atoms with Gasteiger partial charge in [-0.15, -0.1) is 0 Å². The summed E-state index contributed by atoms with van der Waals surface area (Å²) in [6.45, 7) is 1.23. The fourth-order valence-corrected chi connectivity index (χ4v) is 5.81. The van der Waals surface area contributed by atoms with Crippen LogP contribution in [0.5, 0.6) is 11.5 Å². The van der Waals surface area contributed by atoms with Gasteiger partial charge in [-0.3, -0.25) is 4.90 Å². The average Bonchev–Trinajstić information content (AvgIpc) is 3.24. The van der Waals surface area contributed by atoms with Crippen LogP contribution in [-0.4, -0.2) is 57.1 Å². The summed E-state index contributed by atoms with van der Waals surface area (Å²) in [4.78, 5) is 15.3. The fourth-order valence-electron chi connectivity index (χ4n) is 5.81. The molecule has 0 N–H and O–H groups in total. The molecule has 2 unspecified atom stereocenters. The van der Waals surface area contributed by atoms with Crippen LogP contribution in [0.15, 0.2) is 72.8 Å². The van der Waals surface area contributed by atoms with Crippen LogP contribution in [0.2, 0.25) is 0 Å². The summed E-state index contributed by atoms with van der Waals surface area (Å²) in [5.74, 6) is 1.59. The number of methoxy groups -OCH3 is 2. The largest absolute Gasteiger partial charge is 0.497 e. The van der Waals surface area contributed by atoms with Gasteiger partial charge in [0, 0.05) is 11.5 Å². The zero-order valence-corrected chi connectivity index (χ0v) is 20.5. The molecule has 0 radical (unpaired) electrons. The van der Waals surface area contributed by atoms with Crippen LogP contribution in [0.1, 0.15) is 29.0 Å². The number of rotatable bonds is 5. The zero-order valence-electron chi connectivity index (χ0n) is 20.5. The minimum atomic E-state index is -0.289. The third kappa shape index (κ3) is 3.82. The molecule has 184 valence electrons. The summed E-state index contributed by atoms with van der Waals surface area (Å²) in [5, 5.41) is 0. The molecule has 2 aliphatic heterocycles. The lowest BCUT2D eigenvalue weighted by atomic mass is 9.89. The Morgan fingerprint density at radius 1 is 0.917 bits per heavy atom. The van der Waals surface area contributed by atoms with E-state index in [1.807, 2.05) is 35.2 Å². The average molecular weight is 484 g/mol. The first kappa shape index (κ1) is 22.7. The lowest BCUT2D eigenvalue weighted by molar-refractivity contribution is -0.0331. The van der Waals surface area contributed by atoms with Crippen molar-refractivity contribution >= 4 is 11.7 Å². The molecule has 3 aromatic rings.